The Morgan fingerprint density at radius 1 is 1.12 bits per heavy atom. The average molecular weight is 426 g/mol. The maximum absolute atomic E-state index is 13.2. The van der Waals surface area contributed by atoms with Crippen LogP contribution in [0.4, 0.5) is 5.69 Å². The van der Waals surface area contributed by atoms with Crippen molar-refractivity contribution in [1.82, 2.24) is 0 Å². The summed E-state index contributed by atoms with van der Waals surface area (Å²) in [5.41, 5.74) is 2.04. The maximum atomic E-state index is 13.2. The molecule has 0 aliphatic heterocycles. The van der Waals surface area contributed by atoms with Crippen LogP contribution >= 0.6 is 15.9 Å². The molecule has 1 N–H and O–H groups in total. The molecule has 0 spiro atoms. The SMILES string of the molecule is CCCN(c1ccc(C)cc1)S(=O)(=O)c1ccc(C)c(C(=O)O)c1Br. The number of carbonyl (C=O) groups is 1. The summed E-state index contributed by atoms with van der Waals surface area (Å²) in [6.45, 7) is 5.75. The van der Waals surface area contributed by atoms with Crippen molar-refractivity contribution in [2.75, 3.05) is 10.8 Å². The molecule has 2 rings (SSSR count). The van der Waals surface area contributed by atoms with Gasteiger partial charge in [-0.2, -0.15) is 0 Å². The lowest BCUT2D eigenvalue weighted by Crippen LogP contribution is -2.32. The molecule has 2 aromatic rings. The summed E-state index contributed by atoms with van der Waals surface area (Å²) in [6, 6.07) is 10.2. The first-order chi connectivity index (χ1) is 11.7. The van der Waals surface area contributed by atoms with E-state index in [0.717, 1.165) is 5.56 Å². The fourth-order valence-corrected chi connectivity index (χ4v) is 5.39. The largest absolute Gasteiger partial charge is 0.478 e. The molecule has 0 saturated carbocycles. The van der Waals surface area contributed by atoms with Gasteiger partial charge in [-0.05, 0) is 60.0 Å². The highest BCUT2D eigenvalue weighted by Gasteiger charge is 2.29. The number of carboxylic acids is 1. The molecule has 0 atom stereocenters. The molecule has 0 radical (unpaired) electrons. The molecule has 25 heavy (non-hydrogen) atoms. The number of anilines is 1. The maximum Gasteiger partial charge on any atom is 0.337 e. The Labute approximate surface area is 156 Å². The van der Waals surface area contributed by atoms with Crippen molar-refractivity contribution in [1.29, 1.82) is 0 Å². The van der Waals surface area contributed by atoms with Crippen molar-refractivity contribution in [2.45, 2.75) is 32.1 Å². The molecular weight excluding hydrogens is 406 g/mol. The molecule has 0 aromatic heterocycles. The van der Waals surface area contributed by atoms with Gasteiger partial charge >= 0.3 is 5.97 Å². The number of rotatable bonds is 6. The van der Waals surface area contributed by atoms with E-state index in [-0.39, 0.29) is 14.9 Å². The zero-order valence-corrected chi connectivity index (χ0v) is 16.7. The van der Waals surface area contributed by atoms with Crippen molar-refractivity contribution in [2.24, 2.45) is 0 Å². The van der Waals surface area contributed by atoms with Gasteiger partial charge in [-0.1, -0.05) is 30.7 Å². The Bertz CT molecular complexity index is 892. The van der Waals surface area contributed by atoms with Crippen molar-refractivity contribution in [3.63, 3.8) is 0 Å². The lowest BCUT2D eigenvalue weighted by molar-refractivity contribution is 0.0694. The molecule has 0 bridgehead atoms. The number of hydrogen-bond acceptors (Lipinski definition) is 3. The Morgan fingerprint density at radius 2 is 1.72 bits per heavy atom. The fraction of sp³-hybridized carbons (Fsp3) is 0.278. The van der Waals surface area contributed by atoms with E-state index in [9.17, 15) is 18.3 Å². The van der Waals surface area contributed by atoms with Crippen LogP contribution < -0.4 is 4.31 Å². The van der Waals surface area contributed by atoms with Gasteiger partial charge in [-0.3, -0.25) is 4.31 Å². The third kappa shape index (κ3) is 3.88. The predicted octanol–water partition coefficient (Wildman–Crippen LogP) is 4.37. The zero-order chi connectivity index (χ0) is 18.8. The minimum Gasteiger partial charge on any atom is -0.478 e. The van der Waals surface area contributed by atoms with E-state index in [1.165, 1.54) is 16.4 Å². The van der Waals surface area contributed by atoms with E-state index in [1.807, 2.05) is 26.0 Å². The van der Waals surface area contributed by atoms with E-state index < -0.39 is 16.0 Å². The van der Waals surface area contributed by atoms with Crippen LogP contribution in [0.25, 0.3) is 0 Å². The quantitative estimate of drug-likeness (QED) is 0.745. The second-order valence-corrected chi connectivity index (χ2v) is 8.41. The average Bonchev–Trinajstić information content (AvgIpc) is 2.53. The van der Waals surface area contributed by atoms with Crippen LogP contribution in [0.1, 0.15) is 34.8 Å². The molecule has 0 aliphatic rings. The fourth-order valence-electron chi connectivity index (χ4n) is 2.54. The summed E-state index contributed by atoms with van der Waals surface area (Å²) in [5.74, 6) is -1.17. The summed E-state index contributed by atoms with van der Waals surface area (Å²) in [5, 5.41) is 9.39. The number of aryl methyl sites for hydroxylation is 2. The Balaban J connectivity index is 2.64. The van der Waals surface area contributed by atoms with Gasteiger partial charge in [0.1, 0.15) is 4.90 Å². The molecule has 2 aromatic carbocycles. The number of hydrogen-bond donors (Lipinski definition) is 1. The third-order valence-electron chi connectivity index (χ3n) is 3.85. The Morgan fingerprint density at radius 3 is 2.24 bits per heavy atom. The third-order valence-corrected chi connectivity index (χ3v) is 6.80. The first-order valence-electron chi connectivity index (χ1n) is 7.82. The normalized spacial score (nSPS) is 11.4. The number of halogens is 1. The summed E-state index contributed by atoms with van der Waals surface area (Å²) >= 11 is 3.19. The first-order valence-corrected chi connectivity index (χ1v) is 10.0. The van der Waals surface area contributed by atoms with Crippen LogP contribution in [0.2, 0.25) is 0 Å². The monoisotopic (exact) mass is 425 g/mol. The molecule has 0 fully saturated rings. The second-order valence-electron chi connectivity index (χ2n) is 5.79. The van der Waals surface area contributed by atoms with Crippen molar-refractivity contribution >= 4 is 37.6 Å². The van der Waals surface area contributed by atoms with Gasteiger partial charge in [0.25, 0.3) is 10.0 Å². The van der Waals surface area contributed by atoms with Crippen LogP contribution in [0.3, 0.4) is 0 Å². The van der Waals surface area contributed by atoms with Gasteiger partial charge in [-0.15, -0.1) is 0 Å². The second kappa shape index (κ2) is 7.58. The number of sulfonamides is 1. The first kappa shape index (κ1) is 19.5. The van der Waals surface area contributed by atoms with Gasteiger partial charge in [0, 0.05) is 6.54 Å². The molecule has 0 heterocycles. The highest BCUT2D eigenvalue weighted by molar-refractivity contribution is 9.10. The molecule has 0 amide bonds. The van der Waals surface area contributed by atoms with Crippen LogP contribution in [-0.2, 0) is 10.0 Å². The number of aromatic carboxylic acids is 1. The standard InChI is InChI=1S/C18H20BrNO4S/c1-4-11-20(14-8-5-12(2)6-9-14)25(23,24)15-10-7-13(3)16(17(15)19)18(21)22/h5-10H,4,11H2,1-3H3,(H,21,22). The van der Waals surface area contributed by atoms with Gasteiger partial charge < -0.3 is 5.11 Å². The van der Waals surface area contributed by atoms with E-state index >= 15 is 0 Å². The molecule has 7 heteroatoms. The molecule has 0 saturated heterocycles. The van der Waals surface area contributed by atoms with E-state index in [1.54, 1.807) is 19.1 Å². The summed E-state index contributed by atoms with van der Waals surface area (Å²) < 4.78 is 27.8. The lowest BCUT2D eigenvalue weighted by atomic mass is 10.1. The molecule has 0 aliphatic carbocycles. The molecule has 0 unspecified atom stereocenters. The smallest absolute Gasteiger partial charge is 0.337 e. The van der Waals surface area contributed by atoms with Crippen LogP contribution in [0.5, 0.6) is 0 Å². The summed E-state index contributed by atoms with van der Waals surface area (Å²) in [4.78, 5) is 11.4. The van der Waals surface area contributed by atoms with Crippen molar-refractivity contribution < 1.29 is 18.3 Å². The van der Waals surface area contributed by atoms with E-state index in [0.29, 0.717) is 24.2 Å². The number of nitrogens with zero attached hydrogens (tertiary/aromatic N) is 1. The number of benzene rings is 2. The van der Waals surface area contributed by atoms with Gasteiger partial charge in [0.15, 0.2) is 0 Å². The Kier molecular flexibility index (Phi) is 5.90. The summed E-state index contributed by atoms with van der Waals surface area (Å²) in [7, 11) is -3.91. The van der Waals surface area contributed by atoms with E-state index in [2.05, 4.69) is 15.9 Å². The predicted molar refractivity (Wildman–Crippen MR) is 102 cm³/mol. The van der Waals surface area contributed by atoms with Crippen LogP contribution in [-0.4, -0.2) is 26.0 Å². The van der Waals surface area contributed by atoms with Crippen LogP contribution in [0, 0.1) is 13.8 Å². The minimum atomic E-state index is -3.91. The highest BCUT2D eigenvalue weighted by atomic mass is 79.9. The lowest BCUT2D eigenvalue weighted by Gasteiger charge is -2.25. The van der Waals surface area contributed by atoms with Gasteiger partial charge in [0.05, 0.1) is 15.7 Å². The molecule has 134 valence electrons. The summed E-state index contributed by atoms with van der Waals surface area (Å²) in [6.07, 6.45) is 0.627. The van der Waals surface area contributed by atoms with Crippen LogP contribution in [0.15, 0.2) is 45.8 Å². The van der Waals surface area contributed by atoms with Gasteiger partial charge in [-0.25, -0.2) is 13.2 Å². The van der Waals surface area contributed by atoms with Crippen molar-refractivity contribution in [3.05, 3.63) is 57.6 Å². The molecular formula is C18H20BrNO4S. The van der Waals surface area contributed by atoms with Gasteiger partial charge in [0.2, 0.25) is 0 Å². The highest BCUT2D eigenvalue weighted by Crippen LogP contribution is 2.33. The molecule has 5 nitrogen and oxygen atoms in total. The zero-order valence-electron chi connectivity index (χ0n) is 14.3. The minimum absolute atomic E-state index is 0.0403. The van der Waals surface area contributed by atoms with Crippen molar-refractivity contribution in [3.8, 4) is 0 Å². The number of carboxylic acid groups (broad SMARTS) is 1. The topological polar surface area (TPSA) is 74.7 Å². The van der Waals surface area contributed by atoms with E-state index in [4.69, 9.17) is 0 Å². The Hall–Kier alpha value is -1.86.